The number of aryl methyl sites for hydroxylation is 2. The number of aromatic nitrogens is 2. The molecule has 10 nitrogen and oxygen atoms in total. The summed E-state index contributed by atoms with van der Waals surface area (Å²) in [6.45, 7) is 7.66. The lowest BCUT2D eigenvalue weighted by molar-refractivity contribution is -0.166. The van der Waals surface area contributed by atoms with Crippen LogP contribution in [0.3, 0.4) is 0 Å². The molecule has 0 spiro atoms. The van der Waals surface area contributed by atoms with Crippen molar-refractivity contribution in [3.8, 4) is 62.0 Å². The number of nitrogens with zero attached hydrogens (tertiary/aromatic N) is 4. The average molecular weight is 1020 g/mol. The standard InChI is InChI=1S/C59H55ClN4O6S2/c1-38-32-44(40-16-20-48(60)21-17-40)12-14-46(38)34-68-54-10-6-4-8-50(54)52-36-71-58(61-52)63-28-24-42(25-29-63)56(65)70-57(66)43-26-30-64(31-27-43)59-62-53(37-72-59)51-9-5-7-11-55(51)69-35-47-15-13-45(33-39(47)2)41-18-22-49(67-3)23-19-41/h4-23,32-33,36-37,42-43H,24-31,34-35H2,1-3H3. The van der Waals surface area contributed by atoms with E-state index in [1.807, 2.05) is 84.9 Å². The number of thiazole rings is 2. The van der Waals surface area contributed by atoms with Gasteiger partial charge in [0, 0.05) is 53.1 Å². The zero-order valence-corrected chi connectivity index (χ0v) is 42.9. The van der Waals surface area contributed by atoms with Gasteiger partial charge in [0.1, 0.15) is 30.5 Å². The van der Waals surface area contributed by atoms with Crippen molar-refractivity contribution >= 4 is 56.5 Å². The first kappa shape index (κ1) is 48.6. The van der Waals surface area contributed by atoms with Gasteiger partial charge in [-0.25, -0.2) is 9.97 Å². The molecule has 2 saturated heterocycles. The third kappa shape index (κ3) is 11.2. The lowest BCUT2D eigenvalue weighted by atomic mass is 9.96. The fraction of sp³-hybridized carbons (Fsp3) is 0.254. The summed E-state index contributed by atoms with van der Waals surface area (Å²) in [5.74, 6) is 0.856. The number of para-hydroxylation sites is 2. The van der Waals surface area contributed by atoms with E-state index >= 15 is 0 Å². The highest BCUT2D eigenvalue weighted by Gasteiger charge is 2.33. The van der Waals surface area contributed by atoms with Crippen molar-refractivity contribution in [2.24, 2.45) is 11.8 Å². The minimum Gasteiger partial charge on any atom is -0.497 e. The Kier molecular flexibility index (Phi) is 15.0. The van der Waals surface area contributed by atoms with Crippen LogP contribution >= 0.6 is 34.3 Å². The summed E-state index contributed by atoms with van der Waals surface area (Å²) in [6.07, 6.45) is 2.37. The Bertz CT molecular complexity index is 3180. The molecule has 2 aromatic heterocycles. The van der Waals surface area contributed by atoms with Crippen LogP contribution in [0.25, 0.3) is 44.8 Å². The largest absolute Gasteiger partial charge is 0.497 e. The van der Waals surface area contributed by atoms with Gasteiger partial charge in [0.15, 0.2) is 10.3 Å². The second-order valence-corrected chi connectivity index (χ2v) is 20.5. The topological polar surface area (TPSA) is 103 Å². The van der Waals surface area contributed by atoms with E-state index in [1.54, 1.807) is 29.8 Å². The number of hydrogen-bond acceptors (Lipinski definition) is 12. The Labute approximate surface area is 433 Å². The van der Waals surface area contributed by atoms with Gasteiger partial charge in [-0.05, 0) is 133 Å². The molecular weight excluding hydrogens is 960 g/mol. The van der Waals surface area contributed by atoms with Crippen LogP contribution in [0, 0.1) is 25.7 Å². The van der Waals surface area contributed by atoms with Gasteiger partial charge >= 0.3 is 11.9 Å². The van der Waals surface area contributed by atoms with Crippen molar-refractivity contribution in [2.75, 3.05) is 43.1 Å². The van der Waals surface area contributed by atoms with Gasteiger partial charge in [0.2, 0.25) is 0 Å². The lowest BCUT2D eigenvalue weighted by Crippen LogP contribution is -2.40. The van der Waals surface area contributed by atoms with Crippen molar-refractivity contribution in [2.45, 2.75) is 52.7 Å². The molecule has 72 heavy (non-hydrogen) atoms. The van der Waals surface area contributed by atoms with Crippen LogP contribution < -0.4 is 24.0 Å². The first-order chi connectivity index (χ1) is 35.1. The zero-order chi connectivity index (χ0) is 49.6. The van der Waals surface area contributed by atoms with Crippen molar-refractivity contribution in [1.82, 2.24) is 9.97 Å². The van der Waals surface area contributed by atoms with E-state index in [2.05, 4.69) is 82.9 Å². The minimum absolute atomic E-state index is 0.335. The van der Waals surface area contributed by atoms with E-state index in [0.29, 0.717) is 65.1 Å². The van der Waals surface area contributed by atoms with Crippen LogP contribution in [0.2, 0.25) is 5.02 Å². The number of piperidine rings is 2. The number of halogens is 1. The molecular formula is C59H55ClN4O6S2. The number of carbonyl (C=O) groups excluding carboxylic acids is 2. The summed E-state index contributed by atoms with van der Waals surface area (Å²) < 4.78 is 23.7. The number of hydrogen-bond donors (Lipinski definition) is 0. The first-order valence-electron chi connectivity index (χ1n) is 24.4. The second kappa shape index (κ2) is 22.2. The first-order valence-corrected chi connectivity index (χ1v) is 26.5. The maximum absolute atomic E-state index is 13.4. The average Bonchev–Trinajstić information content (AvgIpc) is 4.13. The molecule has 0 unspecified atom stereocenters. The third-order valence-electron chi connectivity index (χ3n) is 13.8. The second-order valence-electron chi connectivity index (χ2n) is 18.4. The molecule has 366 valence electrons. The maximum atomic E-state index is 13.4. The predicted octanol–water partition coefficient (Wildman–Crippen LogP) is 13.9. The highest BCUT2D eigenvalue weighted by molar-refractivity contribution is 7.14. The molecule has 2 fully saturated rings. The number of benzene rings is 6. The van der Waals surface area contributed by atoms with Crippen molar-refractivity contribution < 1.29 is 28.5 Å². The summed E-state index contributed by atoms with van der Waals surface area (Å²) in [7, 11) is 1.67. The van der Waals surface area contributed by atoms with Crippen molar-refractivity contribution in [3.63, 3.8) is 0 Å². The molecule has 10 rings (SSSR count). The van der Waals surface area contributed by atoms with Gasteiger partial charge in [-0.1, -0.05) is 96.5 Å². The van der Waals surface area contributed by atoms with Crippen LogP contribution in [0.5, 0.6) is 17.2 Å². The fourth-order valence-electron chi connectivity index (χ4n) is 9.37. The van der Waals surface area contributed by atoms with Gasteiger partial charge in [-0.15, -0.1) is 22.7 Å². The predicted molar refractivity (Wildman–Crippen MR) is 290 cm³/mol. The molecule has 4 heterocycles. The molecule has 2 aliphatic rings. The molecule has 0 saturated carbocycles. The summed E-state index contributed by atoms with van der Waals surface area (Å²) in [4.78, 5) is 41.2. The molecule has 0 aliphatic carbocycles. The van der Waals surface area contributed by atoms with Gasteiger partial charge < -0.3 is 28.7 Å². The SMILES string of the molecule is COc1ccc(-c2ccc(COc3ccccc3-c3csc(N4CCC(C(=O)OC(=O)C5CCN(c6nc(-c7ccccc7OCc7ccc(-c8ccc(Cl)cc8)cc7C)cs6)CC5)CC4)n3)c(C)c2)cc1. The molecule has 0 radical (unpaired) electrons. The van der Waals surface area contributed by atoms with Gasteiger partial charge in [0.05, 0.1) is 30.3 Å². The van der Waals surface area contributed by atoms with Gasteiger partial charge in [-0.2, -0.15) is 0 Å². The van der Waals surface area contributed by atoms with Crippen molar-refractivity contribution in [3.05, 3.63) is 171 Å². The van der Waals surface area contributed by atoms with Crippen LogP contribution in [0.1, 0.15) is 47.9 Å². The quantitative estimate of drug-likeness (QED) is 0.0728. The third-order valence-corrected chi connectivity index (χ3v) is 15.8. The van der Waals surface area contributed by atoms with E-state index in [9.17, 15) is 9.59 Å². The summed E-state index contributed by atoms with van der Waals surface area (Å²) in [6, 6.07) is 44.8. The van der Waals surface area contributed by atoms with Crippen molar-refractivity contribution in [1.29, 1.82) is 0 Å². The number of carbonyl (C=O) groups is 2. The monoisotopic (exact) mass is 1010 g/mol. The molecule has 0 N–H and O–H groups in total. The number of rotatable bonds is 15. The highest BCUT2D eigenvalue weighted by atomic mass is 35.5. The summed E-state index contributed by atoms with van der Waals surface area (Å²) >= 11 is 9.27. The highest BCUT2D eigenvalue weighted by Crippen LogP contribution is 2.38. The Balaban J connectivity index is 0.677. The van der Waals surface area contributed by atoms with Crippen LogP contribution in [-0.2, 0) is 27.5 Å². The Morgan fingerprint density at radius 3 is 1.42 bits per heavy atom. The molecule has 0 bridgehead atoms. The normalized spacial score (nSPS) is 14.3. The Hall–Kier alpha value is -6.99. The van der Waals surface area contributed by atoms with E-state index in [4.69, 9.17) is 40.5 Å². The number of ether oxygens (including phenoxy) is 4. The smallest absolute Gasteiger partial charge is 0.316 e. The number of anilines is 2. The Morgan fingerprint density at radius 1 is 0.569 bits per heavy atom. The van der Waals surface area contributed by atoms with Crippen LogP contribution in [0.4, 0.5) is 10.3 Å². The summed E-state index contributed by atoms with van der Waals surface area (Å²) in [5, 5.41) is 6.63. The maximum Gasteiger partial charge on any atom is 0.316 e. The summed E-state index contributed by atoms with van der Waals surface area (Å²) in [5.41, 5.74) is 12.6. The lowest BCUT2D eigenvalue weighted by Gasteiger charge is -2.32. The molecule has 0 atom stereocenters. The van der Waals surface area contributed by atoms with Gasteiger partial charge in [0.25, 0.3) is 0 Å². The molecule has 0 amide bonds. The molecule has 8 aromatic rings. The molecule has 13 heteroatoms. The minimum atomic E-state index is -0.422. The van der Waals surface area contributed by atoms with Crippen LogP contribution in [-0.4, -0.2) is 55.2 Å². The Morgan fingerprint density at radius 2 is 0.986 bits per heavy atom. The number of methoxy groups -OCH3 is 1. The zero-order valence-electron chi connectivity index (χ0n) is 40.5. The molecule has 6 aromatic carbocycles. The van der Waals surface area contributed by atoms with E-state index in [0.717, 1.165) is 99.6 Å². The van der Waals surface area contributed by atoms with Gasteiger partial charge in [-0.3, -0.25) is 9.59 Å². The molecule has 2 aliphatic heterocycles. The van der Waals surface area contributed by atoms with E-state index in [-0.39, 0.29) is 11.8 Å². The van der Waals surface area contributed by atoms with Crippen LogP contribution in [0.15, 0.2) is 144 Å². The van der Waals surface area contributed by atoms with E-state index < -0.39 is 11.9 Å². The van der Waals surface area contributed by atoms with E-state index in [1.165, 1.54) is 0 Å². The number of esters is 2. The fourth-order valence-corrected chi connectivity index (χ4v) is 11.2.